The first kappa shape index (κ1) is 22.3. The molecule has 0 fully saturated rings. The van der Waals surface area contributed by atoms with Gasteiger partial charge < -0.3 is 10.2 Å². The molecule has 0 radical (unpaired) electrons. The highest BCUT2D eigenvalue weighted by Crippen LogP contribution is 2.38. The average Bonchev–Trinajstić information content (AvgIpc) is 2.69. The number of anilines is 1. The number of phenols is 1. The fourth-order valence-corrected chi connectivity index (χ4v) is 3.47. The number of aromatic carboxylic acids is 1. The van der Waals surface area contributed by atoms with Crippen molar-refractivity contribution in [3.8, 4) is 5.75 Å². The molecule has 2 aromatic rings. The molecule has 0 aliphatic heterocycles. The molecule has 0 spiro atoms. The van der Waals surface area contributed by atoms with Gasteiger partial charge in [0.2, 0.25) is 0 Å². The number of nitrogens with one attached hydrogen (secondary N) is 1. The Balaban J connectivity index is 2.24. The molecule has 0 amide bonds. The van der Waals surface area contributed by atoms with Crippen LogP contribution in [0.25, 0.3) is 4.91 Å². The van der Waals surface area contributed by atoms with Gasteiger partial charge in [0.25, 0.3) is 0 Å². The van der Waals surface area contributed by atoms with Crippen LogP contribution in [-0.4, -0.2) is 26.6 Å². The fraction of sp³-hybridized carbons (Fsp3) is 0.190. The van der Waals surface area contributed by atoms with Crippen molar-refractivity contribution in [3.63, 3.8) is 0 Å². The Morgan fingerprint density at radius 3 is 2.41 bits per heavy atom. The van der Waals surface area contributed by atoms with Crippen molar-refractivity contribution >= 4 is 28.3 Å². The van der Waals surface area contributed by atoms with E-state index < -0.39 is 11.7 Å². The molecule has 0 aliphatic rings. The zero-order valence-electron chi connectivity index (χ0n) is 16.3. The second kappa shape index (κ2) is 9.99. The number of carboxylic acids is 1. The van der Waals surface area contributed by atoms with Crippen LogP contribution in [0.4, 0.5) is 10.1 Å². The van der Waals surface area contributed by atoms with Gasteiger partial charge >= 0.3 is 5.97 Å². The normalized spacial score (nSPS) is 12.4. The standard InChI is InChI=1S/C21H23FN2O4S/c1-4-13(3)20(14-6-8-15(22)9-7-14)29-19(5-2)24(28)23-16-10-11-17(21(26)27)18(25)12-16/h5-12,23,25,28H,4H2,1-3H3,(H,26,27)/b19-5-,20-13?. The Hall–Kier alpha value is -2.97. The van der Waals surface area contributed by atoms with Gasteiger partial charge in [-0.15, -0.1) is 0 Å². The maximum Gasteiger partial charge on any atom is 0.339 e. The molecule has 6 nitrogen and oxygen atoms in total. The van der Waals surface area contributed by atoms with E-state index in [1.807, 2.05) is 13.8 Å². The van der Waals surface area contributed by atoms with E-state index in [0.29, 0.717) is 10.7 Å². The van der Waals surface area contributed by atoms with Gasteiger partial charge in [0, 0.05) is 11.0 Å². The van der Waals surface area contributed by atoms with Gasteiger partial charge in [-0.25, -0.2) is 9.18 Å². The molecule has 0 unspecified atom stereocenters. The highest BCUT2D eigenvalue weighted by molar-refractivity contribution is 8.11. The molecule has 2 rings (SSSR count). The van der Waals surface area contributed by atoms with E-state index in [-0.39, 0.29) is 11.4 Å². The Labute approximate surface area is 172 Å². The van der Waals surface area contributed by atoms with Crippen molar-refractivity contribution in [1.82, 2.24) is 5.17 Å². The summed E-state index contributed by atoms with van der Waals surface area (Å²) in [6.45, 7) is 5.73. The average molecular weight is 418 g/mol. The van der Waals surface area contributed by atoms with E-state index in [1.165, 1.54) is 42.1 Å². The minimum atomic E-state index is -1.25. The summed E-state index contributed by atoms with van der Waals surface area (Å²) >= 11 is 1.30. The van der Waals surface area contributed by atoms with Crippen molar-refractivity contribution in [3.05, 3.63) is 76.1 Å². The minimum Gasteiger partial charge on any atom is -0.507 e. The van der Waals surface area contributed by atoms with Gasteiger partial charge in [0.15, 0.2) is 0 Å². The Morgan fingerprint density at radius 2 is 1.90 bits per heavy atom. The summed E-state index contributed by atoms with van der Waals surface area (Å²) in [5, 5.41) is 30.5. The number of hydrogen-bond acceptors (Lipinski definition) is 6. The Bertz CT molecular complexity index is 942. The molecule has 0 saturated carbocycles. The number of nitrogens with zero attached hydrogens (tertiary/aromatic N) is 1. The quantitative estimate of drug-likeness (QED) is 0.410. The predicted octanol–water partition coefficient (Wildman–Crippen LogP) is 5.68. The number of benzene rings is 2. The Morgan fingerprint density at radius 1 is 1.24 bits per heavy atom. The third-order valence-corrected chi connectivity index (χ3v) is 5.56. The van der Waals surface area contributed by atoms with Gasteiger partial charge in [-0.05, 0) is 50.1 Å². The lowest BCUT2D eigenvalue weighted by molar-refractivity contribution is -0.0190. The molecule has 2 aromatic carbocycles. The number of hydrazine groups is 1. The fourth-order valence-electron chi connectivity index (χ4n) is 2.44. The zero-order chi connectivity index (χ0) is 21.6. The molecule has 8 heteroatoms. The number of hydroxylamine groups is 1. The number of thioether (sulfide) groups is 1. The molecule has 29 heavy (non-hydrogen) atoms. The van der Waals surface area contributed by atoms with Crippen LogP contribution < -0.4 is 5.43 Å². The van der Waals surface area contributed by atoms with Crippen molar-refractivity contribution in [2.75, 3.05) is 5.43 Å². The molecule has 0 saturated heterocycles. The SMILES string of the molecule is C/C=C(\SC(=C(C)CC)c1ccc(F)cc1)N(O)Nc1ccc(C(=O)O)c(O)c1. The molecule has 0 heterocycles. The van der Waals surface area contributed by atoms with E-state index in [4.69, 9.17) is 5.11 Å². The topological polar surface area (TPSA) is 93.0 Å². The summed E-state index contributed by atoms with van der Waals surface area (Å²) in [6, 6.07) is 10.0. The molecular weight excluding hydrogens is 395 g/mol. The van der Waals surface area contributed by atoms with Crippen LogP contribution in [-0.2, 0) is 0 Å². The minimum absolute atomic E-state index is 0.235. The van der Waals surface area contributed by atoms with Crippen LogP contribution >= 0.6 is 11.8 Å². The summed E-state index contributed by atoms with van der Waals surface area (Å²) in [6.07, 6.45) is 2.47. The number of allylic oxidation sites excluding steroid dienone is 2. The number of carboxylic acid groups (broad SMARTS) is 1. The number of hydrogen-bond donors (Lipinski definition) is 4. The largest absolute Gasteiger partial charge is 0.507 e. The van der Waals surface area contributed by atoms with E-state index in [9.17, 15) is 19.5 Å². The van der Waals surface area contributed by atoms with Gasteiger partial charge in [-0.2, -0.15) is 5.17 Å². The molecule has 0 aromatic heterocycles. The van der Waals surface area contributed by atoms with Gasteiger partial charge in [0.1, 0.15) is 22.2 Å². The molecular formula is C21H23FN2O4S. The van der Waals surface area contributed by atoms with Gasteiger partial charge in [0.05, 0.1) is 5.69 Å². The summed E-state index contributed by atoms with van der Waals surface area (Å²) in [7, 11) is 0. The van der Waals surface area contributed by atoms with E-state index in [2.05, 4.69) is 5.43 Å². The summed E-state index contributed by atoms with van der Waals surface area (Å²) < 4.78 is 13.3. The Kier molecular flexibility index (Phi) is 7.69. The van der Waals surface area contributed by atoms with Crippen LogP contribution in [0.1, 0.15) is 43.1 Å². The predicted molar refractivity (Wildman–Crippen MR) is 113 cm³/mol. The maximum atomic E-state index is 13.3. The molecule has 4 N–H and O–H groups in total. The summed E-state index contributed by atoms with van der Waals surface area (Å²) in [4.78, 5) is 11.9. The summed E-state index contributed by atoms with van der Waals surface area (Å²) in [5.41, 5.74) is 4.65. The van der Waals surface area contributed by atoms with E-state index in [1.54, 1.807) is 25.1 Å². The van der Waals surface area contributed by atoms with Crippen LogP contribution in [0.15, 0.2) is 59.1 Å². The van der Waals surface area contributed by atoms with Crippen LogP contribution in [0.5, 0.6) is 5.75 Å². The lowest BCUT2D eigenvalue weighted by Crippen LogP contribution is -2.24. The van der Waals surface area contributed by atoms with Gasteiger partial charge in [-0.3, -0.25) is 10.6 Å². The second-order valence-corrected chi connectivity index (χ2v) is 7.19. The molecule has 0 aliphatic carbocycles. The highest BCUT2D eigenvalue weighted by Gasteiger charge is 2.15. The number of carbonyl (C=O) groups is 1. The van der Waals surface area contributed by atoms with Crippen LogP contribution in [0, 0.1) is 5.82 Å². The third-order valence-electron chi connectivity index (χ3n) is 4.15. The van der Waals surface area contributed by atoms with Gasteiger partial charge in [-0.1, -0.05) is 42.5 Å². The first-order valence-corrected chi connectivity index (χ1v) is 9.70. The number of aromatic hydroxyl groups is 1. The first-order valence-electron chi connectivity index (χ1n) is 8.88. The van der Waals surface area contributed by atoms with Crippen molar-refractivity contribution in [1.29, 1.82) is 0 Å². The first-order chi connectivity index (χ1) is 13.8. The maximum absolute atomic E-state index is 13.3. The third kappa shape index (κ3) is 5.75. The molecule has 0 bridgehead atoms. The van der Waals surface area contributed by atoms with Crippen molar-refractivity contribution < 1.29 is 24.6 Å². The lowest BCUT2D eigenvalue weighted by atomic mass is 10.1. The smallest absolute Gasteiger partial charge is 0.339 e. The van der Waals surface area contributed by atoms with Crippen LogP contribution in [0.2, 0.25) is 0 Å². The van der Waals surface area contributed by atoms with Crippen LogP contribution in [0.3, 0.4) is 0 Å². The molecule has 0 atom stereocenters. The van der Waals surface area contributed by atoms with E-state index in [0.717, 1.165) is 27.6 Å². The van der Waals surface area contributed by atoms with Crippen molar-refractivity contribution in [2.45, 2.75) is 27.2 Å². The number of rotatable bonds is 8. The summed E-state index contributed by atoms with van der Waals surface area (Å²) in [5.74, 6) is -1.99. The molecule has 154 valence electrons. The highest BCUT2D eigenvalue weighted by atomic mass is 32.2. The monoisotopic (exact) mass is 418 g/mol. The number of halogens is 1. The van der Waals surface area contributed by atoms with E-state index >= 15 is 0 Å². The van der Waals surface area contributed by atoms with Crippen molar-refractivity contribution in [2.24, 2.45) is 0 Å². The lowest BCUT2D eigenvalue weighted by Gasteiger charge is -2.23. The zero-order valence-corrected chi connectivity index (χ0v) is 17.1. The second-order valence-electron chi connectivity index (χ2n) is 6.16.